The van der Waals surface area contributed by atoms with Gasteiger partial charge in [0.15, 0.2) is 0 Å². The van der Waals surface area contributed by atoms with E-state index in [9.17, 15) is 22.4 Å². The number of aryl methyl sites for hydroxylation is 1. The molecule has 4 rings (SSSR count). The molecule has 37 heavy (non-hydrogen) atoms. The van der Waals surface area contributed by atoms with Crippen LogP contribution in [-0.4, -0.2) is 26.9 Å². The van der Waals surface area contributed by atoms with Crippen molar-refractivity contribution < 1.29 is 27.1 Å². The molecule has 10 heteroatoms. The Morgan fingerprint density at radius 3 is 2.38 bits per heavy atom. The summed E-state index contributed by atoms with van der Waals surface area (Å²) < 4.78 is 46.6. The molecule has 0 saturated heterocycles. The van der Waals surface area contributed by atoms with E-state index < -0.39 is 27.7 Å². The summed E-state index contributed by atoms with van der Waals surface area (Å²) in [6, 6.07) is 18.3. The van der Waals surface area contributed by atoms with Gasteiger partial charge in [-0.1, -0.05) is 36.4 Å². The Kier molecular flexibility index (Phi) is 7.70. The van der Waals surface area contributed by atoms with Gasteiger partial charge in [-0.25, -0.2) is 17.6 Å². The minimum atomic E-state index is -4.06. The van der Waals surface area contributed by atoms with Crippen LogP contribution < -0.4 is 10.0 Å². The first-order chi connectivity index (χ1) is 17.7. The Morgan fingerprint density at radius 2 is 1.70 bits per heavy atom. The van der Waals surface area contributed by atoms with Gasteiger partial charge >= 0.3 is 5.97 Å². The van der Waals surface area contributed by atoms with Gasteiger partial charge in [0.2, 0.25) is 0 Å². The number of benzene rings is 3. The maximum atomic E-state index is 13.3. The molecule has 0 bridgehead atoms. The fraction of sp³-hybridized carbons (Fsp3) is 0.111. The van der Waals surface area contributed by atoms with E-state index in [4.69, 9.17) is 4.74 Å². The number of carbonyl (C=O) groups excluding carboxylic acids is 2. The molecule has 0 saturated carbocycles. The Labute approximate surface area is 218 Å². The average Bonchev–Trinajstić information content (AvgIpc) is 3.29. The highest BCUT2D eigenvalue weighted by molar-refractivity contribution is 7.92. The number of hydrogen-bond donors (Lipinski definition) is 2. The standard InChI is InChI=1S/C27H23FN2O5S2/c1-3-35-27(32)24-23(18-7-5-4-6-8-18)16-36-26(24)29-25(31)22-15-21(14-9-17(22)2)37(33,34)30-20-12-10-19(28)11-13-20/h4-16,30H,3H2,1-2H3,(H,29,31). The maximum absolute atomic E-state index is 13.3. The van der Waals surface area contributed by atoms with E-state index in [0.717, 1.165) is 17.7 Å². The number of esters is 1. The van der Waals surface area contributed by atoms with E-state index in [2.05, 4.69) is 10.0 Å². The predicted molar refractivity (Wildman–Crippen MR) is 142 cm³/mol. The number of thiophene rings is 1. The summed E-state index contributed by atoms with van der Waals surface area (Å²) >= 11 is 1.17. The smallest absolute Gasteiger partial charge is 0.341 e. The highest BCUT2D eigenvalue weighted by Crippen LogP contribution is 2.36. The summed E-state index contributed by atoms with van der Waals surface area (Å²) in [6.07, 6.45) is 0. The SMILES string of the molecule is CCOC(=O)c1c(-c2ccccc2)csc1NC(=O)c1cc(S(=O)(=O)Nc2ccc(F)cc2)ccc1C. The number of sulfonamides is 1. The largest absolute Gasteiger partial charge is 0.462 e. The number of ether oxygens (including phenoxy) is 1. The summed E-state index contributed by atoms with van der Waals surface area (Å²) in [6.45, 7) is 3.53. The van der Waals surface area contributed by atoms with E-state index in [1.165, 1.54) is 41.7 Å². The maximum Gasteiger partial charge on any atom is 0.341 e. The van der Waals surface area contributed by atoms with Crippen molar-refractivity contribution in [2.75, 3.05) is 16.6 Å². The first-order valence-electron chi connectivity index (χ1n) is 11.2. The lowest BCUT2D eigenvalue weighted by atomic mass is 10.0. The predicted octanol–water partition coefficient (Wildman–Crippen LogP) is 6.09. The Balaban J connectivity index is 1.65. The Morgan fingerprint density at radius 1 is 1.00 bits per heavy atom. The van der Waals surface area contributed by atoms with Crippen molar-refractivity contribution in [2.24, 2.45) is 0 Å². The van der Waals surface area contributed by atoms with Gasteiger partial charge in [0, 0.05) is 22.2 Å². The molecular formula is C27H23FN2O5S2. The van der Waals surface area contributed by atoms with Crippen LogP contribution in [0.1, 0.15) is 33.2 Å². The van der Waals surface area contributed by atoms with Crippen molar-refractivity contribution in [2.45, 2.75) is 18.7 Å². The molecule has 4 aromatic rings. The number of nitrogens with one attached hydrogen (secondary N) is 2. The van der Waals surface area contributed by atoms with Gasteiger partial charge in [0.25, 0.3) is 15.9 Å². The van der Waals surface area contributed by atoms with Crippen LogP contribution in [0, 0.1) is 12.7 Å². The Hall–Kier alpha value is -4.02. The third-order valence-corrected chi connectivity index (χ3v) is 7.72. The number of carbonyl (C=O) groups is 2. The minimum Gasteiger partial charge on any atom is -0.462 e. The second-order valence-corrected chi connectivity index (χ2v) is 10.5. The van der Waals surface area contributed by atoms with Gasteiger partial charge in [-0.2, -0.15) is 0 Å². The van der Waals surface area contributed by atoms with Crippen LogP contribution in [0.25, 0.3) is 11.1 Å². The first-order valence-corrected chi connectivity index (χ1v) is 13.6. The van der Waals surface area contributed by atoms with E-state index >= 15 is 0 Å². The number of halogens is 1. The first kappa shape index (κ1) is 26.1. The van der Waals surface area contributed by atoms with Crippen molar-refractivity contribution in [3.05, 3.63) is 101 Å². The van der Waals surface area contributed by atoms with Gasteiger partial charge in [0.05, 0.1) is 11.5 Å². The van der Waals surface area contributed by atoms with E-state index in [-0.39, 0.29) is 28.3 Å². The molecule has 0 unspecified atom stereocenters. The fourth-order valence-electron chi connectivity index (χ4n) is 3.60. The third kappa shape index (κ3) is 5.87. The molecule has 0 aliphatic heterocycles. The number of rotatable bonds is 8. The summed E-state index contributed by atoms with van der Waals surface area (Å²) in [7, 11) is -4.06. The Bertz CT molecular complexity index is 1550. The van der Waals surface area contributed by atoms with Gasteiger partial charge in [-0.15, -0.1) is 11.3 Å². The monoisotopic (exact) mass is 538 g/mol. The molecule has 7 nitrogen and oxygen atoms in total. The fourth-order valence-corrected chi connectivity index (χ4v) is 5.64. The van der Waals surface area contributed by atoms with Crippen LogP contribution in [-0.2, 0) is 14.8 Å². The number of hydrogen-bond acceptors (Lipinski definition) is 6. The minimum absolute atomic E-state index is 0.117. The molecule has 0 spiro atoms. The molecule has 1 amide bonds. The van der Waals surface area contributed by atoms with Crippen molar-refractivity contribution in [3.8, 4) is 11.1 Å². The zero-order valence-corrected chi connectivity index (χ0v) is 21.6. The van der Waals surface area contributed by atoms with Crippen molar-refractivity contribution in [3.63, 3.8) is 0 Å². The van der Waals surface area contributed by atoms with Gasteiger partial charge in [-0.05, 0) is 61.4 Å². The lowest BCUT2D eigenvalue weighted by molar-refractivity contribution is 0.0529. The topological polar surface area (TPSA) is 102 Å². The second kappa shape index (κ2) is 10.9. The summed E-state index contributed by atoms with van der Waals surface area (Å²) in [5, 5.41) is 4.81. The lowest BCUT2D eigenvalue weighted by Crippen LogP contribution is -2.18. The molecule has 1 heterocycles. The number of amides is 1. The number of anilines is 2. The van der Waals surface area contributed by atoms with E-state index in [1.54, 1.807) is 19.2 Å². The van der Waals surface area contributed by atoms with Crippen LogP contribution in [0.4, 0.5) is 15.1 Å². The molecule has 0 fully saturated rings. The van der Waals surface area contributed by atoms with Crippen LogP contribution in [0.5, 0.6) is 0 Å². The van der Waals surface area contributed by atoms with Crippen LogP contribution in [0.3, 0.4) is 0 Å². The van der Waals surface area contributed by atoms with Crippen LogP contribution in [0.2, 0.25) is 0 Å². The van der Waals surface area contributed by atoms with Crippen molar-refractivity contribution >= 4 is 43.9 Å². The van der Waals surface area contributed by atoms with Crippen LogP contribution in [0.15, 0.2) is 83.1 Å². The van der Waals surface area contributed by atoms with Gasteiger partial charge in [-0.3, -0.25) is 9.52 Å². The summed E-state index contributed by atoms with van der Waals surface area (Å²) in [5.74, 6) is -1.65. The highest BCUT2D eigenvalue weighted by Gasteiger charge is 2.24. The molecule has 2 N–H and O–H groups in total. The zero-order chi connectivity index (χ0) is 26.6. The average molecular weight is 539 g/mol. The zero-order valence-electron chi connectivity index (χ0n) is 19.9. The highest BCUT2D eigenvalue weighted by atomic mass is 32.2. The normalized spacial score (nSPS) is 11.1. The van der Waals surface area contributed by atoms with Crippen molar-refractivity contribution in [1.82, 2.24) is 0 Å². The molecule has 1 aromatic heterocycles. The van der Waals surface area contributed by atoms with Crippen LogP contribution >= 0.6 is 11.3 Å². The van der Waals surface area contributed by atoms with Gasteiger partial charge < -0.3 is 10.1 Å². The molecule has 0 aliphatic carbocycles. The molecule has 3 aromatic carbocycles. The molecular weight excluding hydrogens is 515 g/mol. The summed E-state index contributed by atoms with van der Waals surface area (Å²) in [5.41, 5.74) is 2.47. The second-order valence-electron chi connectivity index (χ2n) is 7.98. The lowest BCUT2D eigenvalue weighted by Gasteiger charge is -2.12. The summed E-state index contributed by atoms with van der Waals surface area (Å²) in [4.78, 5) is 25.9. The molecule has 0 atom stereocenters. The third-order valence-electron chi connectivity index (χ3n) is 5.44. The van der Waals surface area contributed by atoms with E-state index in [0.29, 0.717) is 16.1 Å². The molecule has 0 aliphatic rings. The quantitative estimate of drug-likeness (QED) is 0.264. The van der Waals surface area contributed by atoms with Crippen molar-refractivity contribution in [1.29, 1.82) is 0 Å². The molecule has 190 valence electrons. The molecule has 0 radical (unpaired) electrons. The van der Waals surface area contributed by atoms with E-state index in [1.807, 2.05) is 30.3 Å². The van der Waals surface area contributed by atoms with Gasteiger partial charge in [0.1, 0.15) is 16.4 Å².